The first-order chi connectivity index (χ1) is 9.72. The van der Waals surface area contributed by atoms with Crippen LogP contribution < -0.4 is 5.32 Å². The highest BCUT2D eigenvalue weighted by Crippen LogP contribution is 2.16. The van der Waals surface area contributed by atoms with E-state index in [2.05, 4.69) is 31.2 Å². The molecular weight excluding hydrogens is 318 g/mol. The summed E-state index contributed by atoms with van der Waals surface area (Å²) in [5, 5.41) is 3.70. The van der Waals surface area contributed by atoms with Crippen molar-refractivity contribution in [2.45, 2.75) is 0 Å². The third-order valence-corrected chi connectivity index (χ3v) is 3.32. The van der Waals surface area contributed by atoms with Gasteiger partial charge in [-0.25, -0.2) is 4.98 Å². The Balaban J connectivity index is 1.88. The molecule has 98 valence electrons. The largest absolute Gasteiger partial charge is 0.307 e. The molecule has 0 atom stereocenters. The van der Waals surface area contributed by atoms with Crippen LogP contribution in [0, 0.1) is 0 Å². The molecule has 0 saturated heterocycles. The Labute approximate surface area is 124 Å². The third-order valence-electron chi connectivity index (χ3n) is 2.83. The minimum Gasteiger partial charge on any atom is -0.307 e. The molecule has 0 saturated carbocycles. The highest BCUT2D eigenvalue weighted by atomic mass is 79.9. The number of carbonyl (C=O) groups is 1. The number of anilines is 1. The molecular formula is C15H10BrN3O. The highest BCUT2D eigenvalue weighted by molar-refractivity contribution is 9.10. The second-order valence-corrected chi connectivity index (χ2v) is 5.14. The van der Waals surface area contributed by atoms with Crippen molar-refractivity contribution in [1.29, 1.82) is 0 Å². The normalized spacial score (nSPS) is 10.4. The first kappa shape index (κ1) is 12.7. The second-order valence-electron chi connectivity index (χ2n) is 4.22. The van der Waals surface area contributed by atoms with Gasteiger partial charge in [0.1, 0.15) is 5.82 Å². The summed E-state index contributed by atoms with van der Waals surface area (Å²) in [7, 11) is 0. The van der Waals surface area contributed by atoms with E-state index in [1.54, 1.807) is 30.6 Å². The van der Waals surface area contributed by atoms with Crippen LogP contribution in [0.1, 0.15) is 10.4 Å². The summed E-state index contributed by atoms with van der Waals surface area (Å²) in [6, 6.07) is 12.7. The van der Waals surface area contributed by atoms with E-state index < -0.39 is 0 Å². The van der Waals surface area contributed by atoms with Crippen molar-refractivity contribution in [1.82, 2.24) is 9.97 Å². The Morgan fingerprint density at radius 2 is 1.95 bits per heavy atom. The van der Waals surface area contributed by atoms with Crippen LogP contribution in [0.2, 0.25) is 0 Å². The molecule has 0 fully saturated rings. The summed E-state index contributed by atoms with van der Waals surface area (Å²) in [6.45, 7) is 0. The third kappa shape index (κ3) is 2.67. The predicted octanol–water partition coefficient (Wildman–Crippen LogP) is 3.64. The number of rotatable bonds is 2. The Morgan fingerprint density at radius 1 is 1.05 bits per heavy atom. The molecule has 2 aromatic heterocycles. The first-order valence-electron chi connectivity index (χ1n) is 6.00. The van der Waals surface area contributed by atoms with Gasteiger partial charge in [-0.3, -0.25) is 9.78 Å². The number of halogens is 1. The van der Waals surface area contributed by atoms with E-state index in [0.717, 1.165) is 15.4 Å². The lowest BCUT2D eigenvalue weighted by Gasteiger charge is -2.05. The number of aromatic nitrogens is 2. The van der Waals surface area contributed by atoms with Crippen LogP contribution in [-0.2, 0) is 0 Å². The summed E-state index contributed by atoms with van der Waals surface area (Å²) in [4.78, 5) is 20.5. The molecule has 0 aliphatic rings. The molecule has 0 radical (unpaired) electrons. The van der Waals surface area contributed by atoms with Crippen molar-refractivity contribution >= 4 is 38.6 Å². The van der Waals surface area contributed by atoms with Crippen LogP contribution >= 0.6 is 15.9 Å². The molecule has 0 bridgehead atoms. The Morgan fingerprint density at radius 3 is 2.80 bits per heavy atom. The number of carbonyl (C=O) groups excluding carboxylic acids is 1. The first-order valence-corrected chi connectivity index (χ1v) is 6.79. The van der Waals surface area contributed by atoms with E-state index in [9.17, 15) is 4.79 Å². The fraction of sp³-hybridized carbons (Fsp3) is 0. The van der Waals surface area contributed by atoms with Gasteiger partial charge in [0.25, 0.3) is 5.91 Å². The Kier molecular flexibility index (Phi) is 3.43. The van der Waals surface area contributed by atoms with Crippen molar-refractivity contribution in [2.24, 2.45) is 0 Å². The second kappa shape index (κ2) is 5.38. The molecule has 0 aliphatic heterocycles. The van der Waals surface area contributed by atoms with E-state index in [1.165, 1.54) is 0 Å². The molecule has 3 aromatic rings. The summed E-state index contributed by atoms with van der Waals surface area (Å²) in [6.07, 6.45) is 3.36. The van der Waals surface area contributed by atoms with Gasteiger partial charge in [-0.05, 0) is 36.4 Å². The van der Waals surface area contributed by atoms with Gasteiger partial charge >= 0.3 is 0 Å². The van der Waals surface area contributed by atoms with Gasteiger partial charge < -0.3 is 5.32 Å². The van der Waals surface area contributed by atoms with Crippen LogP contribution in [0.4, 0.5) is 5.82 Å². The van der Waals surface area contributed by atoms with E-state index in [-0.39, 0.29) is 5.91 Å². The summed E-state index contributed by atoms with van der Waals surface area (Å²) >= 11 is 3.34. The van der Waals surface area contributed by atoms with E-state index >= 15 is 0 Å². The number of nitrogens with one attached hydrogen (secondary N) is 1. The van der Waals surface area contributed by atoms with Crippen molar-refractivity contribution in [3.05, 3.63) is 64.9 Å². The number of amides is 1. The van der Waals surface area contributed by atoms with Gasteiger partial charge in [-0.15, -0.1) is 0 Å². The molecule has 2 heterocycles. The number of hydrogen-bond acceptors (Lipinski definition) is 3. The fourth-order valence-corrected chi connectivity index (χ4v) is 2.21. The minimum absolute atomic E-state index is 0.193. The lowest BCUT2D eigenvalue weighted by atomic mass is 10.1. The molecule has 4 nitrogen and oxygen atoms in total. The number of pyridine rings is 2. The van der Waals surface area contributed by atoms with Crippen molar-refractivity contribution in [3.8, 4) is 0 Å². The van der Waals surface area contributed by atoms with Crippen LogP contribution in [0.25, 0.3) is 10.9 Å². The maximum absolute atomic E-state index is 12.2. The molecule has 5 heteroatoms. The highest BCUT2D eigenvalue weighted by Gasteiger charge is 2.08. The zero-order valence-corrected chi connectivity index (χ0v) is 12.0. The van der Waals surface area contributed by atoms with Gasteiger partial charge in [-0.1, -0.05) is 22.0 Å². The van der Waals surface area contributed by atoms with E-state index in [4.69, 9.17) is 0 Å². The number of nitrogens with zero attached hydrogens (tertiary/aromatic N) is 2. The van der Waals surface area contributed by atoms with Crippen LogP contribution in [0.5, 0.6) is 0 Å². The molecule has 1 amide bonds. The maximum Gasteiger partial charge on any atom is 0.256 e. The predicted molar refractivity (Wildman–Crippen MR) is 81.6 cm³/mol. The average molecular weight is 328 g/mol. The lowest BCUT2D eigenvalue weighted by molar-refractivity contribution is 0.102. The number of fused-ring (bicyclic) bond motifs is 1. The molecule has 20 heavy (non-hydrogen) atoms. The van der Waals surface area contributed by atoms with Crippen molar-refractivity contribution in [3.63, 3.8) is 0 Å². The Hall–Kier alpha value is -2.27. The SMILES string of the molecule is O=C(Nc1cc(Br)ccn1)c1ccc2ncccc2c1. The van der Waals surface area contributed by atoms with Gasteiger partial charge in [0, 0.05) is 27.8 Å². The summed E-state index contributed by atoms with van der Waals surface area (Å²) < 4.78 is 0.866. The smallest absolute Gasteiger partial charge is 0.256 e. The quantitative estimate of drug-likeness (QED) is 0.781. The molecule has 0 unspecified atom stereocenters. The van der Waals surface area contributed by atoms with Crippen molar-refractivity contribution in [2.75, 3.05) is 5.32 Å². The van der Waals surface area contributed by atoms with Crippen LogP contribution in [0.3, 0.4) is 0 Å². The minimum atomic E-state index is -0.193. The summed E-state index contributed by atoms with van der Waals surface area (Å²) in [5.74, 6) is 0.317. The number of benzene rings is 1. The lowest BCUT2D eigenvalue weighted by Crippen LogP contribution is -2.12. The molecule has 1 aromatic carbocycles. The van der Waals surface area contributed by atoms with Crippen LogP contribution in [-0.4, -0.2) is 15.9 Å². The van der Waals surface area contributed by atoms with E-state index in [1.807, 2.05) is 24.3 Å². The topological polar surface area (TPSA) is 54.9 Å². The average Bonchev–Trinajstić information content (AvgIpc) is 2.47. The fourth-order valence-electron chi connectivity index (χ4n) is 1.88. The van der Waals surface area contributed by atoms with E-state index in [0.29, 0.717) is 11.4 Å². The van der Waals surface area contributed by atoms with Gasteiger partial charge in [0.15, 0.2) is 0 Å². The zero-order chi connectivity index (χ0) is 13.9. The molecule has 3 rings (SSSR count). The van der Waals surface area contributed by atoms with Gasteiger partial charge in [0.05, 0.1) is 5.52 Å². The van der Waals surface area contributed by atoms with Gasteiger partial charge in [0.2, 0.25) is 0 Å². The Bertz CT molecular complexity index is 789. The van der Waals surface area contributed by atoms with Crippen molar-refractivity contribution < 1.29 is 4.79 Å². The number of hydrogen-bond donors (Lipinski definition) is 1. The van der Waals surface area contributed by atoms with Gasteiger partial charge in [-0.2, -0.15) is 0 Å². The molecule has 0 spiro atoms. The maximum atomic E-state index is 12.2. The monoisotopic (exact) mass is 327 g/mol. The zero-order valence-electron chi connectivity index (χ0n) is 10.4. The molecule has 0 aliphatic carbocycles. The summed E-state index contributed by atoms with van der Waals surface area (Å²) in [5.41, 5.74) is 1.44. The standard InChI is InChI=1S/C15H10BrN3O/c16-12-5-7-18-14(9-12)19-15(20)11-3-4-13-10(8-11)2-1-6-17-13/h1-9H,(H,18,19,20). The molecule has 1 N–H and O–H groups in total. The van der Waals surface area contributed by atoms with Crippen LogP contribution in [0.15, 0.2) is 59.3 Å².